The Morgan fingerprint density at radius 2 is 1.75 bits per heavy atom. The minimum Gasteiger partial charge on any atom is -0.384 e. The Balaban J connectivity index is 2.82. The minimum absolute atomic E-state index is 0.121. The van der Waals surface area contributed by atoms with Crippen LogP contribution >= 0.6 is 0 Å². The van der Waals surface area contributed by atoms with E-state index in [1.807, 2.05) is 6.07 Å². The second-order valence-electron chi connectivity index (χ2n) is 3.68. The van der Waals surface area contributed by atoms with Crippen molar-refractivity contribution < 1.29 is 4.74 Å². The third-order valence-corrected chi connectivity index (χ3v) is 2.06. The lowest BCUT2D eigenvalue weighted by molar-refractivity contribution is 0.146. The third kappa shape index (κ3) is 2.08. The zero-order chi connectivity index (χ0) is 9.03. The Kier molecular flexibility index (Phi) is 2.88. The molecule has 0 N–H and O–H groups in total. The number of rotatable bonds is 3. The molecule has 1 heteroatoms. The van der Waals surface area contributed by atoms with Crippen LogP contribution in [0.2, 0.25) is 0 Å². The largest absolute Gasteiger partial charge is 0.384 e. The first-order valence-electron chi connectivity index (χ1n) is 4.21. The molecule has 66 valence electrons. The van der Waals surface area contributed by atoms with Crippen LogP contribution in [0.15, 0.2) is 30.3 Å². The van der Waals surface area contributed by atoms with Crippen molar-refractivity contribution in [2.24, 2.45) is 0 Å². The van der Waals surface area contributed by atoms with E-state index in [-0.39, 0.29) is 5.41 Å². The molecule has 0 atom stereocenters. The van der Waals surface area contributed by atoms with E-state index in [0.29, 0.717) is 0 Å². The van der Waals surface area contributed by atoms with E-state index in [9.17, 15) is 0 Å². The lowest BCUT2D eigenvalue weighted by atomic mass is 9.86. The van der Waals surface area contributed by atoms with Crippen LogP contribution in [0.1, 0.15) is 19.4 Å². The summed E-state index contributed by atoms with van der Waals surface area (Å²) in [5, 5.41) is 0. The van der Waals surface area contributed by atoms with Gasteiger partial charge in [0.15, 0.2) is 0 Å². The van der Waals surface area contributed by atoms with E-state index in [1.54, 1.807) is 7.11 Å². The Hall–Kier alpha value is -0.820. The topological polar surface area (TPSA) is 9.23 Å². The molecule has 12 heavy (non-hydrogen) atoms. The average Bonchev–Trinajstić information content (AvgIpc) is 2.06. The van der Waals surface area contributed by atoms with Gasteiger partial charge in [0.05, 0.1) is 6.61 Å². The van der Waals surface area contributed by atoms with Crippen molar-refractivity contribution in [2.45, 2.75) is 19.3 Å². The van der Waals surface area contributed by atoms with E-state index in [0.717, 1.165) is 6.61 Å². The van der Waals surface area contributed by atoms with Crippen LogP contribution in [-0.2, 0) is 10.2 Å². The van der Waals surface area contributed by atoms with Gasteiger partial charge in [-0.3, -0.25) is 0 Å². The van der Waals surface area contributed by atoms with Crippen molar-refractivity contribution in [1.29, 1.82) is 0 Å². The van der Waals surface area contributed by atoms with Gasteiger partial charge < -0.3 is 4.74 Å². The Labute approximate surface area is 74.4 Å². The van der Waals surface area contributed by atoms with Crippen molar-refractivity contribution >= 4 is 0 Å². The molecular formula is C11H16O. The highest BCUT2D eigenvalue weighted by molar-refractivity contribution is 5.23. The first kappa shape index (κ1) is 9.27. The molecule has 0 aliphatic carbocycles. The molecule has 0 fully saturated rings. The van der Waals surface area contributed by atoms with Gasteiger partial charge in [0, 0.05) is 12.5 Å². The number of methoxy groups -OCH3 is 1. The lowest BCUT2D eigenvalue weighted by Gasteiger charge is -2.23. The molecule has 0 bridgehead atoms. The summed E-state index contributed by atoms with van der Waals surface area (Å²) in [5.41, 5.74) is 1.45. The number of ether oxygens (including phenoxy) is 1. The van der Waals surface area contributed by atoms with Crippen molar-refractivity contribution in [1.82, 2.24) is 0 Å². The summed E-state index contributed by atoms with van der Waals surface area (Å²) in [6.45, 7) is 5.13. The van der Waals surface area contributed by atoms with Gasteiger partial charge in [-0.1, -0.05) is 44.2 Å². The lowest BCUT2D eigenvalue weighted by Crippen LogP contribution is -2.23. The van der Waals surface area contributed by atoms with Gasteiger partial charge in [0.1, 0.15) is 0 Å². The molecule has 0 aliphatic heterocycles. The van der Waals surface area contributed by atoms with Crippen LogP contribution in [0.4, 0.5) is 0 Å². The molecule has 0 aromatic heterocycles. The average molecular weight is 164 g/mol. The molecule has 0 radical (unpaired) electrons. The summed E-state index contributed by atoms with van der Waals surface area (Å²) in [6, 6.07) is 10.4. The zero-order valence-electron chi connectivity index (χ0n) is 8.00. The predicted octanol–water partition coefficient (Wildman–Crippen LogP) is 2.61. The second kappa shape index (κ2) is 3.72. The van der Waals surface area contributed by atoms with Crippen molar-refractivity contribution in [2.75, 3.05) is 13.7 Å². The maximum atomic E-state index is 5.16. The zero-order valence-corrected chi connectivity index (χ0v) is 8.00. The number of hydrogen-bond acceptors (Lipinski definition) is 1. The van der Waals surface area contributed by atoms with E-state index >= 15 is 0 Å². The van der Waals surface area contributed by atoms with E-state index < -0.39 is 0 Å². The van der Waals surface area contributed by atoms with Gasteiger partial charge in [-0.15, -0.1) is 0 Å². The van der Waals surface area contributed by atoms with Gasteiger partial charge in [-0.25, -0.2) is 0 Å². The minimum atomic E-state index is 0.121. The summed E-state index contributed by atoms with van der Waals surface area (Å²) < 4.78 is 5.16. The fraction of sp³-hybridized carbons (Fsp3) is 0.455. The fourth-order valence-corrected chi connectivity index (χ4v) is 1.33. The maximum absolute atomic E-state index is 5.16. The molecule has 0 unspecified atom stereocenters. The highest BCUT2D eigenvalue weighted by Gasteiger charge is 2.19. The second-order valence-corrected chi connectivity index (χ2v) is 3.68. The highest BCUT2D eigenvalue weighted by atomic mass is 16.5. The van der Waals surface area contributed by atoms with E-state index in [4.69, 9.17) is 4.74 Å². The summed E-state index contributed by atoms with van der Waals surface area (Å²) in [7, 11) is 1.74. The molecule has 0 heterocycles. The Morgan fingerprint density at radius 1 is 1.17 bits per heavy atom. The van der Waals surface area contributed by atoms with Crippen LogP contribution < -0.4 is 0 Å². The van der Waals surface area contributed by atoms with Crippen molar-refractivity contribution in [3.05, 3.63) is 35.9 Å². The first-order chi connectivity index (χ1) is 5.67. The summed E-state index contributed by atoms with van der Waals surface area (Å²) in [5.74, 6) is 0. The van der Waals surface area contributed by atoms with Gasteiger partial charge in [0.2, 0.25) is 0 Å². The van der Waals surface area contributed by atoms with Crippen molar-refractivity contribution in [3.63, 3.8) is 0 Å². The molecule has 1 nitrogen and oxygen atoms in total. The quantitative estimate of drug-likeness (QED) is 0.667. The molecule has 0 saturated carbocycles. The van der Waals surface area contributed by atoms with Gasteiger partial charge >= 0.3 is 0 Å². The van der Waals surface area contributed by atoms with Crippen LogP contribution in [0.25, 0.3) is 0 Å². The molecule has 0 aliphatic rings. The van der Waals surface area contributed by atoms with E-state index in [1.165, 1.54) is 5.56 Å². The van der Waals surface area contributed by atoms with Crippen LogP contribution in [-0.4, -0.2) is 13.7 Å². The molecule has 0 saturated heterocycles. The van der Waals surface area contributed by atoms with Gasteiger partial charge in [-0.05, 0) is 5.56 Å². The standard InChI is InChI=1S/C11H16O/c1-11(2,9-12-3)10-7-5-4-6-8-10/h4-8H,9H2,1-3H3. The monoisotopic (exact) mass is 164 g/mol. The van der Waals surface area contributed by atoms with Gasteiger partial charge in [-0.2, -0.15) is 0 Å². The molecule has 1 aromatic rings. The normalized spacial score (nSPS) is 11.6. The Bertz CT molecular complexity index is 226. The predicted molar refractivity (Wildman–Crippen MR) is 51.3 cm³/mol. The highest BCUT2D eigenvalue weighted by Crippen LogP contribution is 2.22. The fourth-order valence-electron chi connectivity index (χ4n) is 1.33. The molecule has 0 amide bonds. The number of benzene rings is 1. The molecule has 0 spiro atoms. The van der Waals surface area contributed by atoms with Crippen LogP contribution in [0, 0.1) is 0 Å². The summed E-state index contributed by atoms with van der Waals surface area (Å²) in [4.78, 5) is 0. The SMILES string of the molecule is COCC(C)(C)c1ccccc1. The van der Waals surface area contributed by atoms with Crippen molar-refractivity contribution in [3.8, 4) is 0 Å². The smallest absolute Gasteiger partial charge is 0.0553 e. The van der Waals surface area contributed by atoms with Crippen LogP contribution in [0.5, 0.6) is 0 Å². The number of hydrogen-bond donors (Lipinski definition) is 0. The molecule has 1 rings (SSSR count). The molecular weight excluding hydrogens is 148 g/mol. The summed E-state index contributed by atoms with van der Waals surface area (Å²) >= 11 is 0. The van der Waals surface area contributed by atoms with Crippen LogP contribution in [0.3, 0.4) is 0 Å². The third-order valence-electron chi connectivity index (χ3n) is 2.06. The first-order valence-corrected chi connectivity index (χ1v) is 4.21. The molecule has 1 aromatic carbocycles. The maximum Gasteiger partial charge on any atom is 0.0553 e. The van der Waals surface area contributed by atoms with E-state index in [2.05, 4.69) is 38.1 Å². The Morgan fingerprint density at radius 3 is 2.25 bits per heavy atom. The summed E-state index contributed by atoms with van der Waals surface area (Å²) in [6.07, 6.45) is 0. The van der Waals surface area contributed by atoms with Gasteiger partial charge in [0.25, 0.3) is 0 Å².